The van der Waals surface area contributed by atoms with Gasteiger partial charge >= 0.3 is 0 Å². The number of para-hydroxylation sites is 1. The highest BCUT2D eigenvalue weighted by Crippen LogP contribution is 2.46. The highest BCUT2D eigenvalue weighted by molar-refractivity contribution is 6.24. The van der Waals surface area contributed by atoms with E-state index in [1.54, 1.807) is 48.5 Å². The Morgan fingerprint density at radius 2 is 1.04 bits per heavy atom. The second-order valence-electron chi connectivity index (χ2n) is 13.7. The van der Waals surface area contributed by atoms with Gasteiger partial charge in [0, 0.05) is 16.3 Å². The van der Waals surface area contributed by atoms with Crippen LogP contribution in [-0.2, 0) is 0 Å². The molecule has 0 saturated carbocycles. The van der Waals surface area contributed by atoms with Gasteiger partial charge in [-0.15, -0.1) is 0 Å². The minimum absolute atomic E-state index is 0.00504. The zero-order valence-electron chi connectivity index (χ0n) is 48.6. The minimum Gasteiger partial charge on any atom is -0.455 e. The third kappa shape index (κ3) is 4.96. The fourth-order valence-corrected chi connectivity index (χ4v) is 7.97. The first-order valence-electron chi connectivity index (χ1n) is 27.6. The van der Waals surface area contributed by atoms with Crippen LogP contribution < -0.4 is 0 Å². The minimum atomic E-state index is -0.864. The number of benzene rings is 11. The summed E-state index contributed by atoms with van der Waals surface area (Å²) in [7, 11) is 0. The molecule has 1 aromatic heterocycles. The molecule has 57 heavy (non-hydrogen) atoms. The molecule has 0 unspecified atom stereocenters. The fraction of sp³-hybridized carbons (Fsp3) is 0. The number of rotatable bonds is 4. The molecule has 0 saturated heterocycles. The highest BCUT2D eigenvalue weighted by atomic mass is 16.3. The van der Waals surface area contributed by atoms with Gasteiger partial charge in [-0.3, -0.25) is 0 Å². The summed E-state index contributed by atoms with van der Waals surface area (Å²) >= 11 is 0. The summed E-state index contributed by atoms with van der Waals surface area (Å²) in [4.78, 5) is 0. The van der Waals surface area contributed by atoms with Crippen molar-refractivity contribution in [3.63, 3.8) is 0 Å². The van der Waals surface area contributed by atoms with Gasteiger partial charge in [-0.1, -0.05) is 182 Å². The predicted molar refractivity (Wildman–Crippen MR) is 243 cm³/mol. The fourth-order valence-electron chi connectivity index (χ4n) is 7.97. The summed E-state index contributed by atoms with van der Waals surface area (Å²) in [5.74, 6) is 0. The largest absolute Gasteiger partial charge is 0.455 e. The second kappa shape index (κ2) is 12.5. The summed E-state index contributed by atoms with van der Waals surface area (Å²) in [6.07, 6.45) is 0. The van der Waals surface area contributed by atoms with Gasteiger partial charge < -0.3 is 4.42 Å². The van der Waals surface area contributed by atoms with Gasteiger partial charge in [0.1, 0.15) is 11.2 Å². The molecule has 1 heteroatoms. The van der Waals surface area contributed by atoms with Crippen LogP contribution in [0.3, 0.4) is 0 Å². The van der Waals surface area contributed by atoms with Crippen LogP contribution in [0.15, 0.2) is 210 Å². The number of furan rings is 1. The van der Waals surface area contributed by atoms with Gasteiger partial charge in [-0.05, 0) is 117 Å². The first-order valence-corrected chi connectivity index (χ1v) is 18.1. The van der Waals surface area contributed by atoms with E-state index in [9.17, 15) is 17.8 Å². The molecule has 0 amide bonds. The lowest BCUT2D eigenvalue weighted by Crippen LogP contribution is -1.92. The Hall–Kier alpha value is -7.48. The van der Waals surface area contributed by atoms with Crippen molar-refractivity contribution in [3.05, 3.63) is 206 Å². The average molecular weight is 742 g/mol. The van der Waals surface area contributed by atoms with E-state index < -0.39 is 136 Å². The Balaban J connectivity index is 1.23. The van der Waals surface area contributed by atoms with E-state index in [0.29, 0.717) is 21.9 Å². The van der Waals surface area contributed by atoms with E-state index in [-0.39, 0.29) is 66.7 Å². The normalized spacial score (nSPS) is 16.5. The highest BCUT2D eigenvalue weighted by Gasteiger charge is 2.19. The lowest BCUT2D eigenvalue weighted by molar-refractivity contribution is 0.670. The van der Waals surface area contributed by atoms with Crippen molar-refractivity contribution in [2.45, 2.75) is 0 Å². The topological polar surface area (TPSA) is 13.1 Å². The molecular formula is C56H34O. The van der Waals surface area contributed by atoms with E-state index in [2.05, 4.69) is 0 Å². The molecule has 0 radical (unpaired) electrons. The predicted octanol–water partition coefficient (Wildman–Crippen LogP) is 16.0. The lowest BCUT2D eigenvalue weighted by Gasteiger charge is -2.19. The smallest absolute Gasteiger partial charge is 0.143 e. The quantitative estimate of drug-likeness (QED) is 0.164. The van der Waals surface area contributed by atoms with E-state index in [0.717, 1.165) is 10.8 Å². The summed E-state index contributed by atoms with van der Waals surface area (Å²) in [6.45, 7) is 0. The van der Waals surface area contributed by atoms with Crippen molar-refractivity contribution in [3.8, 4) is 44.5 Å². The zero-order chi connectivity index (χ0) is 54.0. The molecule has 0 atom stereocenters. The van der Waals surface area contributed by atoms with Gasteiger partial charge in [-0.25, -0.2) is 0 Å². The molecule has 0 aliphatic heterocycles. The third-order valence-electron chi connectivity index (χ3n) is 10.5. The summed E-state index contributed by atoms with van der Waals surface area (Å²) < 4.78 is 184. The summed E-state index contributed by atoms with van der Waals surface area (Å²) in [6, 6.07) is 13.5. The molecule has 0 fully saturated rings. The molecular weight excluding hydrogens is 689 g/mol. The van der Waals surface area contributed by atoms with Crippen LogP contribution in [0, 0.1) is 0 Å². The van der Waals surface area contributed by atoms with E-state index in [1.807, 2.05) is 36.4 Å². The van der Waals surface area contributed by atoms with E-state index >= 15 is 0 Å². The summed E-state index contributed by atoms with van der Waals surface area (Å²) in [5.41, 5.74) is -1.32. The zero-order valence-corrected chi connectivity index (χ0v) is 29.6. The van der Waals surface area contributed by atoms with Crippen molar-refractivity contribution in [1.82, 2.24) is 0 Å². The average Bonchev–Trinajstić information content (AvgIpc) is 3.81. The molecule has 12 aromatic rings. The van der Waals surface area contributed by atoms with Crippen LogP contribution in [0.4, 0.5) is 0 Å². The third-order valence-corrected chi connectivity index (χ3v) is 10.5. The maximum atomic E-state index is 10.0. The first-order chi connectivity index (χ1) is 36.2. The van der Waals surface area contributed by atoms with Crippen LogP contribution in [0.2, 0.25) is 0 Å². The standard InChI is InChI=1S/C56H34O/c1-2-14-37-32-39(27-26-35(37)12-1)45-23-11-25-51-52-34-40(29-31-53(52)57-56(45)51)43-22-10-16-38-33-41(28-30-44(38)43)54-47-18-5-7-20-49(47)55(50-21-8-6-19-48(50)54)46-24-9-15-36-13-3-4-17-42(36)46/h1-34H/i5D,6D,7D,8D,10D,11D,16D,18D,19D,20D,21D,22D,23D,28D,29D,30D,31D,33D,34D. The maximum Gasteiger partial charge on any atom is 0.143 e. The molecule has 0 spiro atoms. The number of fused-ring (bicyclic) bond motifs is 8. The monoisotopic (exact) mass is 741 g/mol. The van der Waals surface area contributed by atoms with E-state index in [4.69, 9.17) is 12.6 Å². The SMILES string of the molecule is [2H]c1cc2c(oc3c([2H])c([2H])c(-c4c([2H])c([2H])c([2H])c5c([2H])c(-c6c7c([2H])c([2H])c([2H])c([2H])c7c(-c7cccc8ccccc78)c7c([2H])c([2H])c([2H])c([2H])c67)c([2H])c([2H])c45)c([2H])c32)c(-c2ccc3ccccc3c2)c1[2H]. The van der Waals surface area contributed by atoms with Crippen molar-refractivity contribution in [2.75, 3.05) is 0 Å². The molecule has 0 aliphatic rings. The van der Waals surface area contributed by atoms with Crippen molar-refractivity contribution < 1.29 is 30.5 Å². The molecule has 0 N–H and O–H groups in total. The maximum absolute atomic E-state index is 10.0. The molecule has 1 nitrogen and oxygen atoms in total. The van der Waals surface area contributed by atoms with E-state index in [1.165, 1.54) is 6.07 Å². The Morgan fingerprint density at radius 3 is 1.86 bits per heavy atom. The van der Waals surface area contributed by atoms with Crippen LogP contribution in [0.1, 0.15) is 26.0 Å². The Bertz CT molecular complexity index is 4610. The number of hydrogen-bond donors (Lipinski definition) is 0. The molecule has 0 bridgehead atoms. The summed E-state index contributed by atoms with van der Waals surface area (Å²) in [5, 5.41) is 0.700. The molecule has 264 valence electrons. The Kier molecular flexibility index (Phi) is 4.05. The van der Waals surface area contributed by atoms with Gasteiger partial charge in [0.2, 0.25) is 0 Å². The van der Waals surface area contributed by atoms with Crippen LogP contribution in [0.25, 0.3) is 120 Å². The van der Waals surface area contributed by atoms with Gasteiger partial charge in [0.15, 0.2) is 0 Å². The van der Waals surface area contributed by atoms with Crippen LogP contribution in [0.5, 0.6) is 0 Å². The molecule has 11 aromatic carbocycles. The van der Waals surface area contributed by atoms with Gasteiger partial charge in [0.05, 0.1) is 26.0 Å². The van der Waals surface area contributed by atoms with Gasteiger partial charge in [0.25, 0.3) is 0 Å². The van der Waals surface area contributed by atoms with Crippen LogP contribution >= 0.6 is 0 Å². The Morgan fingerprint density at radius 1 is 0.333 bits per heavy atom. The van der Waals surface area contributed by atoms with Crippen molar-refractivity contribution in [2.24, 2.45) is 0 Å². The van der Waals surface area contributed by atoms with Crippen molar-refractivity contribution >= 4 is 75.8 Å². The Labute approximate surface area is 356 Å². The van der Waals surface area contributed by atoms with Crippen molar-refractivity contribution in [1.29, 1.82) is 0 Å². The number of hydrogen-bond acceptors (Lipinski definition) is 1. The van der Waals surface area contributed by atoms with Gasteiger partial charge in [-0.2, -0.15) is 0 Å². The molecule has 12 rings (SSSR count). The molecule has 0 aliphatic carbocycles. The first kappa shape index (κ1) is 18.4. The van der Waals surface area contributed by atoms with Crippen LogP contribution in [-0.4, -0.2) is 0 Å². The second-order valence-corrected chi connectivity index (χ2v) is 13.7. The lowest BCUT2D eigenvalue weighted by atomic mass is 9.84. The molecule has 1 heterocycles.